The molecule has 1 saturated heterocycles. The lowest BCUT2D eigenvalue weighted by atomic mass is 10.1. The minimum Gasteiger partial charge on any atom is -0.372 e. The van der Waals surface area contributed by atoms with Crippen LogP contribution >= 0.6 is 0 Å². The zero-order chi connectivity index (χ0) is 25.1. The molecule has 4 N–H and O–H groups in total. The predicted octanol–water partition coefficient (Wildman–Crippen LogP) is 2.49. The second-order valence-corrected chi connectivity index (χ2v) is 9.90. The first-order valence-corrected chi connectivity index (χ1v) is 12.6. The molecule has 1 aromatic carbocycles. The normalized spacial score (nSPS) is 19.5. The molecule has 1 amide bonds. The number of hydrogen-bond donors (Lipinski definition) is 3. The summed E-state index contributed by atoms with van der Waals surface area (Å²) < 4.78 is 7.95. The van der Waals surface area contributed by atoms with E-state index in [-0.39, 0.29) is 24.0 Å². The molecule has 10 heteroatoms. The summed E-state index contributed by atoms with van der Waals surface area (Å²) >= 11 is 0. The average Bonchev–Trinajstić information content (AvgIpc) is 3.21. The molecule has 4 rings (SSSR count). The Morgan fingerprint density at radius 2 is 1.89 bits per heavy atom. The number of rotatable bonds is 9. The van der Waals surface area contributed by atoms with Crippen molar-refractivity contribution in [1.29, 1.82) is 0 Å². The van der Waals surface area contributed by atoms with Gasteiger partial charge in [-0.25, -0.2) is 4.98 Å². The molecule has 1 aliphatic heterocycles. The highest BCUT2D eigenvalue weighted by Crippen LogP contribution is 2.27. The fourth-order valence-electron chi connectivity index (χ4n) is 4.56. The zero-order valence-electron chi connectivity index (χ0n) is 21.4. The predicted molar refractivity (Wildman–Crippen MR) is 139 cm³/mol. The Bertz CT molecular complexity index is 1170. The van der Waals surface area contributed by atoms with Crippen molar-refractivity contribution in [3.8, 4) is 0 Å². The van der Waals surface area contributed by atoms with Crippen LogP contribution in [0.25, 0.3) is 16.7 Å². The summed E-state index contributed by atoms with van der Waals surface area (Å²) in [5.41, 5.74) is 9.62. The number of fused-ring (bicyclic) bond motifs is 3. The van der Waals surface area contributed by atoms with E-state index in [2.05, 4.69) is 57.8 Å². The van der Waals surface area contributed by atoms with Gasteiger partial charge in [-0.3, -0.25) is 9.20 Å². The van der Waals surface area contributed by atoms with Crippen LogP contribution < -0.4 is 21.3 Å². The van der Waals surface area contributed by atoms with Crippen LogP contribution in [0.3, 0.4) is 0 Å². The third-order valence-corrected chi connectivity index (χ3v) is 6.47. The van der Waals surface area contributed by atoms with Gasteiger partial charge in [0.1, 0.15) is 5.82 Å². The molecule has 1 aliphatic rings. The number of nitrogens with zero attached hydrogens (tertiary/aromatic N) is 5. The number of ether oxygens (including phenoxy) is 1. The number of morpholine rings is 1. The number of anilines is 2. The maximum atomic E-state index is 12.0. The van der Waals surface area contributed by atoms with E-state index in [9.17, 15) is 4.79 Å². The molecule has 0 spiro atoms. The number of carbonyl (C=O) groups is 1. The van der Waals surface area contributed by atoms with Crippen molar-refractivity contribution in [2.75, 3.05) is 36.4 Å². The van der Waals surface area contributed by atoms with E-state index in [1.54, 1.807) is 0 Å². The highest BCUT2D eigenvalue weighted by Gasteiger charge is 2.23. The Balaban J connectivity index is 1.46. The molecule has 1 fully saturated rings. The average molecular weight is 483 g/mol. The Morgan fingerprint density at radius 3 is 2.60 bits per heavy atom. The Hall–Kier alpha value is -2.98. The summed E-state index contributed by atoms with van der Waals surface area (Å²) in [6, 6.07) is 5.91. The second kappa shape index (κ2) is 10.7. The molecule has 3 heterocycles. The molecular formula is C25H38N8O2. The molecular weight excluding hydrogens is 444 g/mol. The van der Waals surface area contributed by atoms with Crippen LogP contribution in [0.5, 0.6) is 0 Å². The van der Waals surface area contributed by atoms with E-state index in [1.807, 2.05) is 25.2 Å². The van der Waals surface area contributed by atoms with Crippen LogP contribution in [0.4, 0.5) is 11.5 Å². The minimum absolute atomic E-state index is 0.0929. The van der Waals surface area contributed by atoms with Gasteiger partial charge in [0.05, 0.1) is 29.3 Å². The second-order valence-electron chi connectivity index (χ2n) is 9.90. The number of carbonyl (C=O) groups excluding carboxylic acids is 1. The Labute approximate surface area is 206 Å². The lowest BCUT2D eigenvalue weighted by Crippen LogP contribution is -2.45. The number of hydrogen-bond acceptors (Lipinski definition) is 8. The minimum atomic E-state index is -0.465. The van der Waals surface area contributed by atoms with Gasteiger partial charge in [-0.05, 0) is 57.7 Å². The van der Waals surface area contributed by atoms with Gasteiger partial charge in [0.25, 0.3) is 0 Å². The monoisotopic (exact) mass is 482 g/mol. The third kappa shape index (κ3) is 5.65. The SMILES string of the molecule is Cc1nnc2c(NCCCCNC(=O)[C@@H](N)C(C)C)nc3cc(N4CC(C)OC(C)C4)ccc3n12. The highest BCUT2D eigenvalue weighted by molar-refractivity contribution is 5.85. The van der Waals surface area contributed by atoms with Crippen molar-refractivity contribution in [3.63, 3.8) is 0 Å². The van der Waals surface area contributed by atoms with Gasteiger partial charge >= 0.3 is 0 Å². The number of aryl methyl sites for hydroxylation is 1. The lowest BCUT2D eigenvalue weighted by Gasteiger charge is -2.36. The van der Waals surface area contributed by atoms with Crippen molar-refractivity contribution in [2.45, 2.75) is 65.7 Å². The van der Waals surface area contributed by atoms with E-state index < -0.39 is 6.04 Å². The number of aromatic nitrogens is 4. The first-order chi connectivity index (χ1) is 16.7. The van der Waals surface area contributed by atoms with Crippen molar-refractivity contribution in [2.24, 2.45) is 11.7 Å². The van der Waals surface area contributed by atoms with Gasteiger partial charge in [0, 0.05) is 31.9 Å². The van der Waals surface area contributed by atoms with E-state index in [4.69, 9.17) is 15.5 Å². The van der Waals surface area contributed by atoms with E-state index in [0.29, 0.717) is 24.6 Å². The topological polar surface area (TPSA) is 123 Å². The summed E-state index contributed by atoms with van der Waals surface area (Å²) in [5.74, 6) is 1.57. The van der Waals surface area contributed by atoms with E-state index in [0.717, 1.165) is 48.5 Å². The summed E-state index contributed by atoms with van der Waals surface area (Å²) in [7, 11) is 0. The molecule has 35 heavy (non-hydrogen) atoms. The van der Waals surface area contributed by atoms with Gasteiger partial charge in [-0.2, -0.15) is 0 Å². The van der Waals surface area contributed by atoms with Crippen molar-refractivity contribution in [1.82, 2.24) is 24.9 Å². The number of benzene rings is 1. The quantitative estimate of drug-likeness (QED) is 0.398. The fourth-order valence-corrected chi connectivity index (χ4v) is 4.56. The van der Waals surface area contributed by atoms with Crippen molar-refractivity contribution < 1.29 is 9.53 Å². The smallest absolute Gasteiger partial charge is 0.237 e. The third-order valence-electron chi connectivity index (χ3n) is 6.47. The molecule has 0 aliphatic carbocycles. The van der Waals surface area contributed by atoms with Gasteiger partial charge in [0.2, 0.25) is 11.6 Å². The fraction of sp³-hybridized carbons (Fsp3) is 0.600. The van der Waals surface area contributed by atoms with Gasteiger partial charge in [-0.1, -0.05) is 13.8 Å². The molecule has 0 saturated carbocycles. The highest BCUT2D eigenvalue weighted by atomic mass is 16.5. The maximum absolute atomic E-state index is 12.0. The molecule has 2 unspecified atom stereocenters. The van der Waals surface area contributed by atoms with Crippen LogP contribution in [0, 0.1) is 12.8 Å². The summed E-state index contributed by atoms with van der Waals surface area (Å²) in [6.07, 6.45) is 2.09. The lowest BCUT2D eigenvalue weighted by molar-refractivity contribution is -0.123. The van der Waals surface area contributed by atoms with E-state index >= 15 is 0 Å². The van der Waals surface area contributed by atoms with Crippen molar-refractivity contribution in [3.05, 3.63) is 24.0 Å². The van der Waals surface area contributed by atoms with Crippen LogP contribution in [0.2, 0.25) is 0 Å². The number of amides is 1. The maximum Gasteiger partial charge on any atom is 0.237 e. The molecule has 10 nitrogen and oxygen atoms in total. The van der Waals surface area contributed by atoms with Gasteiger partial charge in [0.15, 0.2) is 5.82 Å². The van der Waals surface area contributed by atoms with E-state index in [1.165, 1.54) is 0 Å². The number of unbranched alkanes of at least 4 members (excludes halogenated alkanes) is 1. The number of nitrogens with one attached hydrogen (secondary N) is 2. The largest absolute Gasteiger partial charge is 0.372 e. The number of nitrogens with two attached hydrogens (primary N) is 1. The molecule has 0 bridgehead atoms. The van der Waals surface area contributed by atoms with Crippen LogP contribution in [-0.4, -0.2) is 69.9 Å². The summed E-state index contributed by atoms with van der Waals surface area (Å²) in [4.78, 5) is 19.3. The molecule has 3 aromatic rings. The Morgan fingerprint density at radius 1 is 1.17 bits per heavy atom. The van der Waals surface area contributed by atoms with Crippen molar-refractivity contribution >= 4 is 34.1 Å². The summed E-state index contributed by atoms with van der Waals surface area (Å²) in [6.45, 7) is 13.1. The molecule has 3 atom stereocenters. The Kier molecular flexibility index (Phi) is 7.71. The molecule has 190 valence electrons. The van der Waals surface area contributed by atoms with Gasteiger partial charge in [-0.15, -0.1) is 10.2 Å². The molecule has 0 radical (unpaired) electrons. The van der Waals surface area contributed by atoms with Crippen LogP contribution in [0.15, 0.2) is 18.2 Å². The van der Waals surface area contributed by atoms with Crippen LogP contribution in [-0.2, 0) is 9.53 Å². The molecule has 2 aromatic heterocycles. The first-order valence-electron chi connectivity index (χ1n) is 12.6. The first kappa shape index (κ1) is 25.1. The summed E-state index contributed by atoms with van der Waals surface area (Å²) in [5, 5.41) is 15.0. The zero-order valence-corrected chi connectivity index (χ0v) is 21.4. The van der Waals surface area contributed by atoms with Crippen LogP contribution in [0.1, 0.15) is 46.4 Å². The standard InChI is InChI=1S/C25H38N8O2/c1-15(2)22(26)25(34)28-11-7-6-10-27-23-24-31-30-18(5)33(24)21-9-8-19(12-20(21)29-23)32-13-16(3)35-17(4)14-32/h8-9,12,15-17,22H,6-7,10-11,13-14,26H2,1-5H3,(H,27,29)(H,28,34)/t16?,17?,22-/m0/s1. The van der Waals surface area contributed by atoms with Gasteiger partial charge < -0.3 is 26.0 Å².